The Morgan fingerprint density at radius 1 is 0.900 bits per heavy atom. The van der Waals surface area contributed by atoms with Gasteiger partial charge in [-0.05, 0) is 68.7 Å². The fourth-order valence-corrected chi connectivity index (χ4v) is 5.64. The minimum Gasteiger partial charge on any atom is -0.352 e. The van der Waals surface area contributed by atoms with E-state index in [1.54, 1.807) is 30.3 Å². The lowest BCUT2D eigenvalue weighted by Gasteiger charge is -2.34. The molecule has 0 aliphatic heterocycles. The maximum atomic E-state index is 14.1. The standard InChI is InChI=1S/C30H35Cl2N3O4S/c1-20(2)33-30(37)28(17-23-10-7-6-8-11-23)34(18-25-26(31)12-9-13-27(25)32)29(36)19-35(40(5,38)39)24-15-14-21(3)22(4)16-24/h6-16,20,28H,17-19H2,1-5H3,(H,33,37)/t28-/m1/s1. The van der Waals surface area contributed by atoms with Crippen LogP contribution in [0.15, 0.2) is 66.7 Å². The molecule has 0 radical (unpaired) electrons. The predicted octanol–water partition coefficient (Wildman–Crippen LogP) is 5.54. The highest BCUT2D eigenvalue weighted by atomic mass is 35.5. The zero-order valence-corrected chi connectivity index (χ0v) is 25.6. The molecule has 2 amide bonds. The number of anilines is 1. The zero-order chi connectivity index (χ0) is 29.6. The summed E-state index contributed by atoms with van der Waals surface area (Å²) in [6.45, 7) is 6.86. The Bertz CT molecular complexity index is 1440. The van der Waals surface area contributed by atoms with E-state index < -0.39 is 28.5 Å². The topological polar surface area (TPSA) is 86.8 Å². The molecule has 0 aliphatic carbocycles. The van der Waals surface area contributed by atoms with Crippen LogP contribution in [0.25, 0.3) is 0 Å². The van der Waals surface area contributed by atoms with Gasteiger partial charge in [0.05, 0.1) is 11.9 Å². The van der Waals surface area contributed by atoms with Crippen LogP contribution in [0.3, 0.4) is 0 Å². The number of nitrogens with zero attached hydrogens (tertiary/aromatic N) is 2. The molecule has 0 heterocycles. The number of halogens is 2. The van der Waals surface area contributed by atoms with Crippen LogP contribution >= 0.6 is 23.2 Å². The Morgan fingerprint density at radius 3 is 2.08 bits per heavy atom. The summed E-state index contributed by atoms with van der Waals surface area (Å²) in [5, 5.41) is 3.58. The molecule has 3 aromatic carbocycles. The largest absolute Gasteiger partial charge is 0.352 e. The van der Waals surface area contributed by atoms with Gasteiger partial charge in [0.1, 0.15) is 12.6 Å². The monoisotopic (exact) mass is 603 g/mol. The molecule has 3 aromatic rings. The van der Waals surface area contributed by atoms with Gasteiger partial charge in [-0.3, -0.25) is 13.9 Å². The van der Waals surface area contributed by atoms with E-state index in [-0.39, 0.29) is 24.9 Å². The highest BCUT2D eigenvalue weighted by Gasteiger charge is 2.34. The number of carbonyl (C=O) groups excluding carboxylic acids is 2. The molecule has 40 heavy (non-hydrogen) atoms. The molecule has 0 unspecified atom stereocenters. The van der Waals surface area contributed by atoms with Gasteiger partial charge in [-0.1, -0.05) is 65.7 Å². The van der Waals surface area contributed by atoms with Crippen molar-refractivity contribution in [3.8, 4) is 0 Å². The molecule has 1 atom stereocenters. The third kappa shape index (κ3) is 8.22. The van der Waals surface area contributed by atoms with Crippen LogP contribution < -0.4 is 9.62 Å². The van der Waals surface area contributed by atoms with E-state index in [0.717, 1.165) is 27.3 Å². The molecule has 7 nitrogen and oxygen atoms in total. The highest BCUT2D eigenvalue weighted by molar-refractivity contribution is 7.92. The number of nitrogens with one attached hydrogen (secondary N) is 1. The summed E-state index contributed by atoms with van der Waals surface area (Å²) in [6, 6.07) is 18.4. The van der Waals surface area contributed by atoms with Crippen LogP contribution in [0.2, 0.25) is 10.0 Å². The lowest BCUT2D eigenvalue weighted by Crippen LogP contribution is -2.54. The number of amides is 2. The van der Waals surface area contributed by atoms with Crippen LogP contribution in [0.4, 0.5) is 5.69 Å². The Kier molecular flexibility index (Phi) is 10.6. The van der Waals surface area contributed by atoms with Gasteiger partial charge in [0.15, 0.2) is 0 Å². The van der Waals surface area contributed by atoms with Gasteiger partial charge in [0.2, 0.25) is 21.8 Å². The van der Waals surface area contributed by atoms with Crippen LogP contribution in [-0.4, -0.2) is 50.0 Å². The smallest absolute Gasteiger partial charge is 0.244 e. The van der Waals surface area contributed by atoms with Crippen molar-refractivity contribution in [1.29, 1.82) is 0 Å². The number of aryl methyl sites for hydroxylation is 2. The van der Waals surface area contributed by atoms with Crippen molar-refractivity contribution in [2.24, 2.45) is 0 Å². The predicted molar refractivity (Wildman–Crippen MR) is 162 cm³/mol. The average Bonchev–Trinajstić information content (AvgIpc) is 2.87. The van der Waals surface area contributed by atoms with Gasteiger partial charge in [-0.25, -0.2) is 8.42 Å². The van der Waals surface area contributed by atoms with Crippen molar-refractivity contribution < 1.29 is 18.0 Å². The second-order valence-electron chi connectivity index (χ2n) is 10.1. The molecule has 10 heteroatoms. The summed E-state index contributed by atoms with van der Waals surface area (Å²) in [5.41, 5.74) is 3.54. The lowest BCUT2D eigenvalue weighted by atomic mass is 10.0. The number of carbonyl (C=O) groups is 2. The first-order chi connectivity index (χ1) is 18.8. The first-order valence-corrected chi connectivity index (χ1v) is 15.5. The summed E-state index contributed by atoms with van der Waals surface area (Å²) in [7, 11) is -3.86. The van der Waals surface area contributed by atoms with E-state index in [0.29, 0.717) is 21.3 Å². The van der Waals surface area contributed by atoms with Gasteiger partial charge < -0.3 is 10.2 Å². The fourth-order valence-electron chi connectivity index (χ4n) is 4.28. The molecule has 0 aromatic heterocycles. The zero-order valence-electron chi connectivity index (χ0n) is 23.3. The van der Waals surface area contributed by atoms with Crippen molar-refractivity contribution in [2.75, 3.05) is 17.1 Å². The van der Waals surface area contributed by atoms with Crippen molar-refractivity contribution in [2.45, 2.75) is 52.7 Å². The van der Waals surface area contributed by atoms with Crippen LogP contribution in [0, 0.1) is 13.8 Å². The quantitative estimate of drug-likeness (QED) is 0.312. The number of hydrogen-bond donors (Lipinski definition) is 1. The number of rotatable bonds is 11. The van der Waals surface area contributed by atoms with Gasteiger partial charge >= 0.3 is 0 Å². The molecular weight excluding hydrogens is 569 g/mol. The molecule has 0 saturated carbocycles. The maximum absolute atomic E-state index is 14.1. The maximum Gasteiger partial charge on any atom is 0.244 e. The summed E-state index contributed by atoms with van der Waals surface area (Å²) < 4.78 is 26.9. The first-order valence-electron chi connectivity index (χ1n) is 12.9. The van der Waals surface area contributed by atoms with E-state index in [4.69, 9.17) is 23.2 Å². The van der Waals surface area contributed by atoms with Crippen molar-refractivity contribution in [3.63, 3.8) is 0 Å². The molecule has 0 fully saturated rings. The number of sulfonamides is 1. The summed E-state index contributed by atoms with van der Waals surface area (Å²) in [5.74, 6) is -0.938. The third-order valence-electron chi connectivity index (χ3n) is 6.55. The van der Waals surface area contributed by atoms with Crippen molar-refractivity contribution in [3.05, 3.63) is 99.0 Å². The second-order valence-corrected chi connectivity index (χ2v) is 12.9. The molecule has 0 aliphatic rings. The number of benzene rings is 3. The van der Waals surface area contributed by atoms with Crippen molar-refractivity contribution in [1.82, 2.24) is 10.2 Å². The van der Waals surface area contributed by atoms with Crippen molar-refractivity contribution >= 4 is 50.7 Å². The summed E-state index contributed by atoms with van der Waals surface area (Å²) >= 11 is 13.0. The van der Waals surface area contributed by atoms with E-state index >= 15 is 0 Å². The minimum atomic E-state index is -3.86. The summed E-state index contributed by atoms with van der Waals surface area (Å²) in [6.07, 6.45) is 1.26. The van der Waals surface area contributed by atoms with Crippen LogP contribution in [0.1, 0.15) is 36.1 Å². The molecule has 1 N–H and O–H groups in total. The molecule has 3 rings (SSSR count). The number of hydrogen-bond acceptors (Lipinski definition) is 4. The Balaban J connectivity index is 2.11. The molecule has 0 saturated heterocycles. The van der Waals surface area contributed by atoms with E-state index in [2.05, 4.69) is 5.32 Å². The van der Waals surface area contributed by atoms with Gasteiger partial charge in [-0.15, -0.1) is 0 Å². The first kappa shape index (κ1) is 31.5. The van der Waals surface area contributed by atoms with Gasteiger partial charge in [0, 0.05) is 34.6 Å². The molecule has 214 valence electrons. The Labute approximate surface area is 247 Å². The van der Waals surface area contributed by atoms with E-state index in [1.165, 1.54) is 4.90 Å². The SMILES string of the molecule is Cc1ccc(N(CC(=O)N(Cc2c(Cl)cccc2Cl)[C@H](Cc2ccccc2)C(=O)NC(C)C)S(C)(=O)=O)cc1C. The Hall–Kier alpha value is -3.07. The van der Waals surface area contributed by atoms with Crippen LogP contribution in [0.5, 0.6) is 0 Å². The molecule has 0 spiro atoms. The van der Waals surface area contributed by atoms with E-state index in [9.17, 15) is 18.0 Å². The highest BCUT2D eigenvalue weighted by Crippen LogP contribution is 2.28. The second kappa shape index (κ2) is 13.5. The van der Waals surface area contributed by atoms with E-state index in [1.807, 2.05) is 64.1 Å². The third-order valence-corrected chi connectivity index (χ3v) is 8.40. The van der Waals surface area contributed by atoms with Gasteiger partial charge in [-0.2, -0.15) is 0 Å². The summed E-state index contributed by atoms with van der Waals surface area (Å²) in [4.78, 5) is 29.1. The fraction of sp³-hybridized carbons (Fsp3) is 0.333. The normalized spacial score (nSPS) is 12.2. The average molecular weight is 605 g/mol. The molecule has 0 bridgehead atoms. The minimum absolute atomic E-state index is 0.0924. The van der Waals surface area contributed by atoms with Gasteiger partial charge in [0.25, 0.3) is 0 Å². The molecular formula is C30H35Cl2N3O4S. The van der Waals surface area contributed by atoms with Crippen LogP contribution in [-0.2, 0) is 32.6 Å². The Morgan fingerprint density at radius 2 is 1.52 bits per heavy atom. The lowest BCUT2D eigenvalue weighted by molar-refractivity contribution is -0.140.